The first kappa shape index (κ1) is 13.2. The van der Waals surface area contributed by atoms with Crippen LogP contribution in [-0.2, 0) is 4.79 Å². The van der Waals surface area contributed by atoms with Crippen LogP contribution in [0.15, 0.2) is 12.2 Å². The highest BCUT2D eigenvalue weighted by atomic mass is 16.1. The van der Waals surface area contributed by atoms with Crippen LogP contribution in [0.5, 0.6) is 0 Å². The third-order valence-corrected chi connectivity index (χ3v) is 2.04. The molecule has 0 fully saturated rings. The molecule has 82 valence electrons. The van der Waals surface area contributed by atoms with Crippen LogP contribution in [-0.4, -0.2) is 11.9 Å². The number of unbranched alkanes of at least 4 members (excludes halogenated alkanes) is 4. The van der Waals surface area contributed by atoms with Crippen molar-refractivity contribution in [3.05, 3.63) is 12.2 Å². The predicted octanol–water partition coefficient (Wildman–Crippen LogP) is 1.72. The molecule has 4 N–H and O–H groups in total. The first-order chi connectivity index (χ1) is 6.66. The van der Waals surface area contributed by atoms with Gasteiger partial charge in [-0.05, 0) is 12.8 Å². The van der Waals surface area contributed by atoms with Gasteiger partial charge in [0, 0.05) is 12.5 Å². The summed E-state index contributed by atoms with van der Waals surface area (Å²) in [6.07, 6.45) is 10.2. The number of hydrogen-bond donors (Lipinski definition) is 2. The van der Waals surface area contributed by atoms with E-state index in [-0.39, 0.29) is 18.4 Å². The van der Waals surface area contributed by atoms with E-state index < -0.39 is 0 Å². The molecule has 1 unspecified atom stereocenters. The Balaban J connectivity index is 3.37. The Morgan fingerprint density at radius 3 is 2.64 bits per heavy atom. The topological polar surface area (TPSA) is 69.1 Å². The number of rotatable bonds is 8. The Kier molecular flexibility index (Phi) is 8.24. The number of amides is 1. The van der Waals surface area contributed by atoms with Gasteiger partial charge in [-0.1, -0.05) is 38.3 Å². The Morgan fingerprint density at radius 1 is 1.36 bits per heavy atom. The van der Waals surface area contributed by atoms with Gasteiger partial charge in [0.05, 0.1) is 0 Å². The molecule has 0 aliphatic rings. The number of carbonyl (C=O) groups excluding carboxylic acids is 1. The van der Waals surface area contributed by atoms with Crippen LogP contribution in [0.4, 0.5) is 0 Å². The molecular formula is C11H22N2O. The van der Waals surface area contributed by atoms with E-state index in [0.717, 1.165) is 6.42 Å². The summed E-state index contributed by atoms with van der Waals surface area (Å²) in [7, 11) is 0. The Bertz CT molecular complexity index is 178. The maximum absolute atomic E-state index is 10.5. The van der Waals surface area contributed by atoms with Crippen LogP contribution < -0.4 is 11.5 Å². The van der Waals surface area contributed by atoms with Crippen LogP contribution in [0.25, 0.3) is 0 Å². The lowest BCUT2D eigenvalue weighted by Crippen LogP contribution is -2.25. The zero-order chi connectivity index (χ0) is 10.8. The van der Waals surface area contributed by atoms with Crippen LogP contribution in [0, 0.1) is 0 Å². The molecular weight excluding hydrogens is 176 g/mol. The summed E-state index contributed by atoms with van der Waals surface area (Å²) in [5.74, 6) is -0.340. The molecule has 0 radical (unpaired) electrons. The van der Waals surface area contributed by atoms with E-state index in [9.17, 15) is 4.79 Å². The Labute approximate surface area is 86.5 Å². The monoisotopic (exact) mass is 198 g/mol. The average molecular weight is 198 g/mol. The summed E-state index contributed by atoms with van der Waals surface area (Å²) in [6, 6.07) is -0.210. The van der Waals surface area contributed by atoms with Crippen molar-refractivity contribution in [2.75, 3.05) is 0 Å². The maximum atomic E-state index is 10.5. The molecule has 0 saturated carbocycles. The predicted molar refractivity (Wildman–Crippen MR) is 59.7 cm³/mol. The van der Waals surface area contributed by atoms with Gasteiger partial charge >= 0.3 is 0 Å². The first-order valence-electron chi connectivity index (χ1n) is 5.37. The molecule has 1 amide bonds. The molecule has 0 aliphatic carbocycles. The minimum Gasteiger partial charge on any atom is -0.370 e. The van der Waals surface area contributed by atoms with Crippen LogP contribution in [0.1, 0.15) is 45.4 Å². The van der Waals surface area contributed by atoms with E-state index in [1.54, 1.807) is 0 Å². The van der Waals surface area contributed by atoms with Gasteiger partial charge in [0.25, 0.3) is 0 Å². The minimum atomic E-state index is -0.340. The molecule has 0 aromatic rings. The summed E-state index contributed by atoms with van der Waals surface area (Å²) in [5, 5.41) is 0. The summed E-state index contributed by atoms with van der Waals surface area (Å²) in [6.45, 7) is 2.19. The smallest absolute Gasteiger partial charge is 0.219 e. The van der Waals surface area contributed by atoms with Crippen LogP contribution >= 0.6 is 0 Å². The first-order valence-corrected chi connectivity index (χ1v) is 5.37. The number of hydrogen-bond acceptors (Lipinski definition) is 2. The molecule has 3 heteroatoms. The van der Waals surface area contributed by atoms with E-state index in [0.29, 0.717) is 0 Å². The molecule has 0 rings (SSSR count). The van der Waals surface area contributed by atoms with Crippen molar-refractivity contribution in [1.82, 2.24) is 0 Å². The van der Waals surface area contributed by atoms with Crippen LogP contribution in [0.3, 0.4) is 0 Å². The average Bonchev–Trinajstić information content (AvgIpc) is 2.10. The fraction of sp³-hybridized carbons (Fsp3) is 0.727. The molecule has 0 saturated heterocycles. The van der Waals surface area contributed by atoms with Gasteiger partial charge in [0.15, 0.2) is 0 Å². The quantitative estimate of drug-likeness (QED) is 0.460. The van der Waals surface area contributed by atoms with Crippen molar-refractivity contribution in [2.24, 2.45) is 11.5 Å². The summed E-state index contributed by atoms with van der Waals surface area (Å²) < 4.78 is 0. The lowest BCUT2D eigenvalue weighted by Gasteiger charge is -2.01. The van der Waals surface area contributed by atoms with Crippen molar-refractivity contribution in [1.29, 1.82) is 0 Å². The molecule has 0 aliphatic heterocycles. The molecule has 0 heterocycles. The SMILES string of the molecule is CCCCCC/C=C/C(N)CC(N)=O. The molecule has 0 spiro atoms. The Hall–Kier alpha value is -0.830. The fourth-order valence-corrected chi connectivity index (χ4v) is 1.26. The largest absolute Gasteiger partial charge is 0.370 e. The van der Waals surface area contributed by atoms with E-state index in [4.69, 9.17) is 11.5 Å². The number of allylic oxidation sites excluding steroid dienone is 1. The highest BCUT2D eigenvalue weighted by Gasteiger charge is 2.00. The number of carbonyl (C=O) groups is 1. The molecule has 3 nitrogen and oxygen atoms in total. The third kappa shape index (κ3) is 9.26. The number of nitrogens with two attached hydrogens (primary N) is 2. The van der Waals surface area contributed by atoms with Crippen molar-refractivity contribution < 1.29 is 4.79 Å². The molecule has 0 bridgehead atoms. The summed E-state index contributed by atoms with van der Waals surface area (Å²) in [4.78, 5) is 10.5. The van der Waals surface area contributed by atoms with Crippen molar-refractivity contribution in [3.63, 3.8) is 0 Å². The van der Waals surface area contributed by atoms with E-state index in [1.807, 2.05) is 12.2 Å². The van der Waals surface area contributed by atoms with E-state index in [2.05, 4.69) is 6.92 Å². The standard InChI is InChI=1S/C11H22N2O/c1-2-3-4-5-6-7-8-10(12)9-11(13)14/h7-8,10H,2-6,9,12H2,1H3,(H2,13,14)/b8-7+. The van der Waals surface area contributed by atoms with Gasteiger partial charge < -0.3 is 11.5 Å². The summed E-state index contributed by atoms with van der Waals surface area (Å²) in [5.41, 5.74) is 10.6. The molecule has 0 aromatic heterocycles. The van der Waals surface area contributed by atoms with Crippen molar-refractivity contribution in [3.8, 4) is 0 Å². The lowest BCUT2D eigenvalue weighted by atomic mass is 10.1. The Morgan fingerprint density at radius 2 is 2.07 bits per heavy atom. The maximum Gasteiger partial charge on any atom is 0.219 e. The van der Waals surface area contributed by atoms with Gasteiger partial charge in [-0.3, -0.25) is 4.79 Å². The minimum absolute atomic E-state index is 0.210. The van der Waals surface area contributed by atoms with Gasteiger partial charge in [-0.15, -0.1) is 0 Å². The van der Waals surface area contributed by atoms with Crippen molar-refractivity contribution >= 4 is 5.91 Å². The zero-order valence-corrected chi connectivity index (χ0v) is 9.04. The molecule has 0 aromatic carbocycles. The van der Waals surface area contributed by atoms with Gasteiger partial charge in [0.2, 0.25) is 5.91 Å². The third-order valence-electron chi connectivity index (χ3n) is 2.04. The lowest BCUT2D eigenvalue weighted by molar-refractivity contribution is -0.118. The molecule has 14 heavy (non-hydrogen) atoms. The normalized spacial score (nSPS) is 13.3. The zero-order valence-electron chi connectivity index (χ0n) is 9.04. The van der Waals surface area contributed by atoms with Crippen LogP contribution in [0.2, 0.25) is 0 Å². The number of primary amides is 1. The van der Waals surface area contributed by atoms with E-state index >= 15 is 0 Å². The molecule has 1 atom stereocenters. The summed E-state index contributed by atoms with van der Waals surface area (Å²) >= 11 is 0. The van der Waals surface area contributed by atoms with E-state index in [1.165, 1.54) is 25.7 Å². The fourth-order valence-electron chi connectivity index (χ4n) is 1.26. The second-order valence-electron chi connectivity index (χ2n) is 3.61. The van der Waals surface area contributed by atoms with Gasteiger partial charge in [-0.2, -0.15) is 0 Å². The highest BCUT2D eigenvalue weighted by molar-refractivity contribution is 5.74. The van der Waals surface area contributed by atoms with Gasteiger partial charge in [0.1, 0.15) is 0 Å². The highest BCUT2D eigenvalue weighted by Crippen LogP contribution is 2.03. The second-order valence-corrected chi connectivity index (χ2v) is 3.61. The van der Waals surface area contributed by atoms with Crippen molar-refractivity contribution in [2.45, 2.75) is 51.5 Å². The van der Waals surface area contributed by atoms with Gasteiger partial charge in [-0.25, -0.2) is 0 Å². The second kappa shape index (κ2) is 8.75.